The summed E-state index contributed by atoms with van der Waals surface area (Å²) in [6.07, 6.45) is 2.21. The zero-order chi connectivity index (χ0) is 13.0. The maximum absolute atomic E-state index is 6.27. The highest BCUT2D eigenvalue weighted by Gasteiger charge is 2.14. The van der Waals surface area contributed by atoms with E-state index in [1.807, 2.05) is 0 Å². The van der Waals surface area contributed by atoms with E-state index in [4.69, 9.17) is 5.73 Å². The highest BCUT2D eigenvalue weighted by molar-refractivity contribution is 5.37. The molecule has 1 rings (SSSR count). The van der Waals surface area contributed by atoms with Crippen molar-refractivity contribution in [3.8, 4) is 0 Å². The second kappa shape index (κ2) is 6.20. The van der Waals surface area contributed by atoms with Crippen molar-refractivity contribution in [1.82, 2.24) is 0 Å². The minimum atomic E-state index is 0.193. The van der Waals surface area contributed by atoms with Crippen LogP contribution in [0.25, 0.3) is 0 Å². The zero-order valence-corrected chi connectivity index (χ0v) is 12.0. The van der Waals surface area contributed by atoms with Crippen LogP contribution in [-0.4, -0.2) is 0 Å². The van der Waals surface area contributed by atoms with Crippen LogP contribution in [0.3, 0.4) is 0 Å². The molecule has 0 aliphatic rings. The first-order chi connectivity index (χ1) is 7.97. The third-order valence-corrected chi connectivity index (χ3v) is 3.40. The number of hydrogen-bond acceptors (Lipinski definition) is 1. The first kappa shape index (κ1) is 14.2. The van der Waals surface area contributed by atoms with Gasteiger partial charge in [-0.25, -0.2) is 0 Å². The fourth-order valence-corrected chi connectivity index (χ4v) is 2.26. The van der Waals surface area contributed by atoms with Crippen LogP contribution in [0, 0.1) is 0 Å². The number of hydrogen-bond donors (Lipinski definition) is 1. The molecule has 1 nitrogen and oxygen atoms in total. The third kappa shape index (κ3) is 3.57. The van der Waals surface area contributed by atoms with Crippen LogP contribution in [-0.2, 0) is 0 Å². The summed E-state index contributed by atoms with van der Waals surface area (Å²) in [6, 6.07) is 7.02. The van der Waals surface area contributed by atoms with E-state index >= 15 is 0 Å². The van der Waals surface area contributed by atoms with E-state index in [0.29, 0.717) is 11.8 Å². The predicted octanol–water partition coefficient (Wildman–Crippen LogP) is 4.73. The Labute approximate surface area is 106 Å². The Morgan fingerprint density at radius 1 is 1.00 bits per heavy atom. The summed E-state index contributed by atoms with van der Waals surface area (Å²) in [5.41, 5.74) is 10.5. The Morgan fingerprint density at radius 3 is 2.12 bits per heavy atom. The van der Waals surface area contributed by atoms with Gasteiger partial charge in [-0.2, -0.15) is 0 Å². The lowest BCUT2D eigenvalue weighted by molar-refractivity contribution is 0.625. The first-order valence-corrected chi connectivity index (χ1v) is 6.86. The van der Waals surface area contributed by atoms with Gasteiger partial charge in [0, 0.05) is 6.04 Å². The molecule has 0 heterocycles. The summed E-state index contributed by atoms with van der Waals surface area (Å²) < 4.78 is 0. The molecule has 1 aromatic rings. The van der Waals surface area contributed by atoms with Crippen molar-refractivity contribution >= 4 is 0 Å². The van der Waals surface area contributed by atoms with Gasteiger partial charge in [0.15, 0.2) is 0 Å². The molecule has 0 saturated carbocycles. The Morgan fingerprint density at radius 2 is 1.65 bits per heavy atom. The Bertz CT molecular complexity index is 353. The molecule has 0 aliphatic carbocycles. The van der Waals surface area contributed by atoms with Crippen LogP contribution in [0.4, 0.5) is 0 Å². The molecule has 1 unspecified atom stereocenters. The molecule has 0 aromatic heterocycles. The van der Waals surface area contributed by atoms with Gasteiger partial charge in [-0.15, -0.1) is 0 Å². The topological polar surface area (TPSA) is 26.0 Å². The molecule has 96 valence electrons. The van der Waals surface area contributed by atoms with Crippen molar-refractivity contribution in [2.75, 3.05) is 0 Å². The van der Waals surface area contributed by atoms with E-state index in [1.54, 1.807) is 0 Å². The van der Waals surface area contributed by atoms with E-state index in [9.17, 15) is 0 Å². The largest absolute Gasteiger partial charge is 0.324 e. The molecule has 1 heteroatoms. The number of benzene rings is 1. The van der Waals surface area contributed by atoms with Crippen molar-refractivity contribution in [2.45, 2.75) is 65.3 Å². The Kier molecular flexibility index (Phi) is 5.20. The molecule has 0 aliphatic heterocycles. The lowest BCUT2D eigenvalue weighted by atomic mass is 9.88. The zero-order valence-electron chi connectivity index (χ0n) is 12.0. The molecule has 0 radical (unpaired) electrons. The van der Waals surface area contributed by atoms with Crippen molar-refractivity contribution < 1.29 is 0 Å². The molecule has 0 saturated heterocycles. The minimum absolute atomic E-state index is 0.193. The first-order valence-electron chi connectivity index (χ1n) is 6.86. The molecule has 1 aromatic carbocycles. The second-order valence-electron chi connectivity index (χ2n) is 5.59. The monoisotopic (exact) mass is 233 g/mol. The molecule has 0 fully saturated rings. The summed E-state index contributed by atoms with van der Waals surface area (Å²) >= 11 is 0. The van der Waals surface area contributed by atoms with Crippen molar-refractivity contribution in [3.63, 3.8) is 0 Å². The standard InChI is InChI=1S/C16H27N/c1-6-7-16(17)14-9-8-13(11(2)3)10-15(14)12(4)5/h8-12,16H,6-7,17H2,1-5H3. The number of rotatable bonds is 5. The van der Waals surface area contributed by atoms with E-state index in [2.05, 4.69) is 52.8 Å². The smallest absolute Gasteiger partial charge is 0.0297 e. The van der Waals surface area contributed by atoms with Crippen LogP contribution in [0.15, 0.2) is 18.2 Å². The summed E-state index contributed by atoms with van der Waals surface area (Å²) in [5, 5.41) is 0. The second-order valence-corrected chi connectivity index (χ2v) is 5.59. The molecule has 1 atom stereocenters. The van der Waals surface area contributed by atoms with Gasteiger partial charge >= 0.3 is 0 Å². The molecular weight excluding hydrogens is 206 g/mol. The Hall–Kier alpha value is -0.820. The summed E-state index contributed by atoms with van der Waals surface area (Å²) in [7, 11) is 0. The van der Waals surface area contributed by atoms with Crippen molar-refractivity contribution in [2.24, 2.45) is 5.73 Å². The summed E-state index contributed by atoms with van der Waals surface area (Å²) in [6.45, 7) is 11.2. The SMILES string of the molecule is CCCC(N)c1ccc(C(C)C)cc1C(C)C. The lowest BCUT2D eigenvalue weighted by Gasteiger charge is -2.20. The average Bonchev–Trinajstić information content (AvgIpc) is 2.28. The van der Waals surface area contributed by atoms with Crippen molar-refractivity contribution in [1.29, 1.82) is 0 Å². The van der Waals surface area contributed by atoms with Gasteiger partial charge in [-0.3, -0.25) is 0 Å². The van der Waals surface area contributed by atoms with Gasteiger partial charge in [0.05, 0.1) is 0 Å². The molecular formula is C16H27N. The van der Waals surface area contributed by atoms with Gasteiger partial charge in [-0.1, -0.05) is 59.2 Å². The van der Waals surface area contributed by atoms with Gasteiger partial charge in [0.2, 0.25) is 0 Å². The van der Waals surface area contributed by atoms with Gasteiger partial charge in [-0.05, 0) is 34.9 Å². The lowest BCUT2D eigenvalue weighted by Crippen LogP contribution is -2.13. The number of nitrogens with two attached hydrogens (primary N) is 1. The maximum Gasteiger partial charge on any atom is 0.0297 e. The van der Waals surface area contributed by atoms with Crippen LogP contribution >= 0.6 is 0 Å². The fourth-order valence-electron chi connectivity index (χ4n) is 2.26. The highest BCUT2D eigenvalue weighted by atomic mass is 14.6. The summed E-state index contributed by atoms with van der Waals surface area (Å²) in [5.74, 6) is 1.13. The minimum Gasteiger partial charge on any atom is -0.324 e. The van der Waals surface area contributed by atoms with Gasteiger partial charge in [0.25, 0.3) is 0 Å². The average molecular weight is 233 g/mol. The maximum atomic E-state index is 6.27. The molecule has 0 bridgehead atoms. The molecule has 0 spiro atoms. The quantitative estimate of drug-likeness (QED) is 0.781. The normalized spacial score (nSPS) is 13.4. The van der Waals surface area contributed by atoms with Crippen LogP contribution in [0.1, 0.15) is 82.0 Å². The predicted molar refractivity (Wildman–Crippen MR) is 76.5 cm³/mol. The highest BCUT2D eigenvalue weighted by Crippen LogP contribution is 2.29. The van der Waals surface area contributed by atoms with Crippen LogP contribution in [0.5, 0.6) is 0 Å². The van der Waals surface area contributed by atoms with Crippen LogP contribution < -0.4 is 5.73 Å². The van der Waals surface area contributed by atoms with E-state index in [-0.39, 0.29) is 6.04 Å². The summed E-state index contributed by atoms with van der Waals surface area (Å²) in [4.78, 5) is 0. The van der Waals surface area contributed by atoms with Crippen LogP contribution in [0.2, 0.25) is 0 Å². The third-order valence-electron chi connectivity index (χ3n) is 3.40. The molecule has 17 heavy (non-hydrogen) atoms. The molecule has 0 amide bonds. The fraction of sp³-hybridized carbons (Fsp3) is 0.625. The van der Waals surface area contributed by atoms with Crippen molar-refractivity contribution in [3.05, 3.63) is 34.9 Å². The van der Waals surface area contributed by atoms with Gasteiger partial charge < -0.3 is 5.73 Å². The van der Waals surface area contributed by atoms with E-state index in [1.165, 1.54) is 16.7 Å². The molecule has 2 N–H and O–H groups in total. The Balaban J connectivity index is 3.12. The van der Waals surface area contributed by atoms with E-state index < -0.39 is 0 Å². The van der Waals surface area contributed by atoms with Gasteiger partial charge in [0.1, 0.15) is 0 Å². The van der Waals surface area contributed by atoms with E-state index in [0.717, 1.165) is 12.8 Å².